The van der Waals surface area contributed by atoms with E-state index >= 15 is 0 Å². The third-order valence-electron chi connectivity index (χ3n) is 2.50. The van der Waals surface area contributed by atoms with Gasteiger partial charge in [-0.15, -0.1) is 4.72 Å². The lowest BCUT2D eigenvalue weighted by Crippen LogP contribution is -2.28. The van der Waals surface area contributed by atoms with E-state index in [9.17, 15) is 9.35 Å². The lowest BCUT2D eigenvalue weighted by atomic mass is 10.1. The molecule has 2 N–H and O–H groups in total. The highest BCUT2D eigenvalue weighted by Gasteiger charge is 2.15. The number of carboxylic acids is 1. The standard InChI is InChI=1S/C15H13NO3S2/c1-11-2-4-12(5-3-11)6-7-13-8-9-15(20-13)21(19)16-10-14(17)18/h2-5,8-9,16H,10H2,1H3,(H,17,18). The number of aryl methyl sites for hydroxylation is 1. The monoisotopic (exact) mass is 319 g/mol. The van der Waals surface area contributed by atoms with Gasteiger partial charge in [0.05, 0.1) is 16.2 Å². The van der Waals surface area contributed by atoms with Crippen molar-refractivity contribution in [3.05, 3.63) is 52.4 Å². The van der Waals surface area contributed by atoms with Crippen LogP contribution in [-0.2, 0) is 16.2 Å². The predicted molar refractivity (Wildman–Crippen MR) is 83.5 cm³/mol. The molecule has 108 valence electrons. The van der Waals surface area contributed by atoms with Gasteiger partial charge in [-0.1, -0.05) is 40.9 Å². The second kappa shape index (κ2) is 7.29. The number of carbonyl (C=O) groups is 1. The van der Waals surface area contributed by atoms with Crippen LogP contribution in [0.1, 0.15) is 16.0 Å². The molecule has 0 saturated carbocycles. The lowest BCUT2D eigenvalue weighted by Gasteiger charge is -2.05. The van der Waals surface area contributed by atoms with Gasteiger partial charge in [-0.2, -0.15) is 0 Å². The van der Waals surface area contributed by atoms with Gasteiger partial charge in [0, 0.05) is 11.6 Å². The van der Waals surface area contributed by atoms with Crippen LogP contribution in [0, 0.1) is 18.8 Å². The smallest absolute Gasteiger partial charge is 0.322 e. The predicted octanol–water partition coefficient (Wildman–Crippen LogP) is 2.15. The molecule has 21 heavy (non-hydrogen) atoms. The van der Waals surface area contributed by atoms with E-state index in [2.05, 4.69) is 16.6 Å². The van der Waals surface area contributed by atoms with Crippen LogP contribution in [0.25, 0.3) is 0 Å². The van der Waals surface area contributed by atoms with E-state index in [4.69, 9.17) is 5.11 Å². The summed E-state index contributed by atoms with van der Waals surface area (Å²) in [7, 11) is 0. The molecule has 0 radical (unpaired) electrons. The Morgan fingerprint density at radius 2 is 2.00 bits per heavy atom. The molecule has 0 saturated heterocycles. The topological polar surface area (TPSA) is 72.4 Å². The van der Waals surface area contributed by atoms with Crippen LogP contribution in [0.15, 0.2) is 40.6 Å². The molecule has 0 fully saturated rings. The van der Waals surface area contributed by atoms with Crippen LogP contribution in [0.3, 0.4) is 0 Å². The van der Waals surface area contributed by atoms with Crippen LogP contribution < -0.4 is 4.72 Å². The highest BCUT2D eigenvalue weighted by Crippen LogP contribution is 2.20. The summed E-state index contributed by atoms with van der Waals surface area (Å²) >= 11 is -0.229. The number of carboxylic acid groups (broad SMARTS) is 1. The van der Waals surface area contributed by atoms with Gasteiger partial charge in [-0.05, 0) is 25.1 Å². The Balaban J connectivity index is 2.03. The number of hydrogen-bond donors (Lipinski definition) is 2. The summed E-state index contributed by atoms with van der Waals surface area (Å²) in [6, 6.07) is 11.4. The molecule has 0 aliphatic heterocycles. The number of hydrogen-bond acceptors (Lipinski definition) is 4. The molecule has 6 heteroatoms. The van der Waals surface area contributed by atoms with E-state index in [1.165, 1.54) is 16.9 Å². The SMILES string of the molecule is Cc1ccc(C#Cc2ccc([S+]([O-])NCC(=O)O)s2)cc1. The minimum Gasteiger partial charge on any atom is -0.592 e. The van der Waals surface area contributed by atoms with Gasteiger partial charge in [0.2, 0.25) is 4.21 Å². The van der Waals surface area contributed by atoms with E-state index in [1.807, 2.05) is 31.2 Å². The first-order valence-corrected chi connectivity index (χ1v) is 8.07. The molecule has 0 aliphatic rings. The zero-order valence-corrected chi connectivity index (χ0v) is 12.9. The fraction of sp³-hybridized carbons (Fsp3) is 0.133. The number of benzene rings is 1. The summed E-state index contributed by atoms with van der Waals surface area (Å²) in [5.41, 5.74) is 2.10. The molecule has 1 aromatic heterocycles. The minimum absolute atomic E-state index is 0.338. The third kappa shape index (κ3) is 4.92. The summed E-state index contributed by atoms with van der Waals surface area (Å²) in [5, 5.41) is 8.53. The first-order chi connectivity index (χ1) is 10.0. The normalized spacial score (nSPS) is 11.5. The van der Waals surface area contributed by atoms with Crippen molar-refractivity contribution in [2.75, 3.05) is 6.54 Å². The van der Waals surface area contributed by atoms with E-state index in [0.717, 1.165) is 10.4 Å². The Labute approximate surface area is 130 Å². The quantitative estimate of drug-likeness (QED) is 0.669. The van der Waals surface area contributed by atoms with Gasteiger partial charge >= 0.3 is 5.97 Å². The molecule has 1 aromatic carbocycles. The number of aliphatic carboxylic acids is 1. The van der Waals surface area contributed by atoms with Crippen LogP contribution in [0.5, 0.6) is 0 Å². The molecule has 0 bridgehead atoms. The summed E-state index contributed by atoms with van der Waals surface area (Å²) in [6.45, 7) is 1.68. The highest BCUT2D eigenvalue weighted by molar-refractivity contribution is 7.91. The van der Waals surface area contributed by atoms with Crippen molar-refractivity contribution in [2.24, 2.45) is 0 Å². The molecule has 0 spiro atoms. The largest absolute Gasteiger partial charge is 0.592 e. The Morgan fingerprint density at radius 3 is 2.67 bits per heavy atom. The van der Waals surface area contributed by atoms with Gasteiger partial charge in [0.25, 0.3) is 0 Å². The third-order valence-corrected chi connectivity index (χ3v) is 4.91. The van der Waals surface area contributed by atoms with Gasteiger partial charge in [-0.25, -0.2) is 0 Å². The summed E-state index contributed by atoms with van der Waals surface area (Å²) in [4.78, 5) is 11.2. The molecule has 0 aliphatic carbocycles. The molecule has 4 nitrogen and oxygen atoms in total. The van der Waals surface area contributed by atoms with Crippen molar-refractivity contribution in [3.63, 3.8) is 0 Å². The molecule has 1 atom stereocenters. The van der Waals surface area contributed by atoms with Gasteiger partial charge in [-0.3, -0.25) is 4.79 Å². The van der Waals surface area contributed by atoms with Gasteiger partial charge in [0.1, 0.15) is 6.54 Å². The summed E-state index contributed by atoms with van der Waals surface area (Å²) < 4.78 is 14.8. The minimum atomic E-state index is -1.51. The lowest BCUT2D eigenvalue weighted by molar-refractivity contribution is -0.135. The second-order valence-electron chi connectivity index (χ2n) is 4.22. The first kappa shape index (κ1) is 15.6. The Morgan fingerprint density at radius 1 is 1.29 bits per heavy atom. The Hall–Kier alpha value is -1.78. The average Bonchev–Trinajstić information content (AvgIpc) is 2.93. The van der Waals surface area contributed by atoms with Crippen LogP contribution in [-0.4, -0.2) is 22.2 Å². The van der Waals surface area contributed by atoms with E-state index in [-0.39, 0.29) is 6.54 Å². The zero-order chi connectivity index (χ0) is 15.2. The Bertz CT molecular complexity index is 683. The highest BCUT2D eigenvalue weighted by atomic mass is 32.2. The van der Waals surface area contributed by atoms with Crippen molar-refractivity contribution >= 4 is 28.7 Å². The van der Waals surface area contributed by atoms with E-state index in [0.29, 0.717) is 4.21 Å². The van der Waals surface area contributed by atoms with Crippen molar-refractivity contribution < 1.29 is 14.5 Å². The molecule has 2 rings (SSSR count). The second-order valence-corrected chi connectivity index (χ2v) is 6.83. The molecule has 1 heterocycles. The van der Waals surface area contributed by atoms with Crippen LogP contribution >= 0.6 is 11.3 Å². The van der Waals surface area contributed by atoms with Crippen molar-refractivity contribution in [1.82, 2.24) is 4.72 Å². The molecule has 1 unspecified atom stereocenters. The van der Waals surface area contributed by atoms with Gasteiger partial charge in [0.15, 0.2) is 0 Å². The maximum atomic E-state index is 11.8. The van der Waals surface area contributed by atoms with Crippen molar-refractivity contribution in [2.45, 2.75) is 11.1 Å². The Kier molecular flexibility index (Phi) is 5.42. The average molecular weight is 319 g/mol. The molecule has 2 aromatic rings. The van der Waals surface area contributed by atoms with Gasteiger partial charge < -0.3 is 9.66 Å². The molecular formula is C15H13NO3S2. The number of nitrogens with one attached hydrogen (secondary N) is 1. The molecule has 0 amide bonds. The van der Waals surface area contributed by atoms with Crippen LogP contribution in [0.2, 0.25) is 0 Å². The number of thiophene rings is 1. The van der Waals surface area contributed by atoms with E-state index < -0.39 is 17.3 Å². The fourth-order valence-electron chi connectivity index (χ4n) is 1.46. The van der Waals surface area contributed by atoms with Crippen molar-refractivity contribution in [1.29, 1.82) is 0 Å². The zero-order valence-electron chi connectivity index (χ0n) is 11.3. The van der Waals surface area contributed by atoms with Crippen LogP contribution in [0.4, 0.5) is 0 Å². The summed E-state index contributed by atoms with van der Waals surface area (Å²) in [5.74, 6) is 5.01. The van der Waals surface area contributed by atoms with Crippen molar-refractivity contribution in [3.8, 4) is 11.8 Å². The fourth-order valence-corrected chi connectivity index (χ4v) is 3.38. The maximum Gasteiger partial charge on any atom is 0.322 e. The summed E-state index contributed by atoms with van der Waals surface area (Å²) in [6.07, 6.45) is 0. The maximum absolute atomic E-state index is 11.8. The first-order valence-electron chi connectivity index (χ1n) is 6.10. The van der Waals surface area contributed by atoms with E-state index in [1.54, 1.807) is 12.1 Å². The number of rotatable bonds is 4. The molecular weight excluding hydrogens is 306 g/mol.